The van der Waals surface area contributed by atoms with Gasteiger partial charge in [0.15, 0.2) is 11.5 Å². The molecule has 0 aliphatic carbocycles. The highest BCUT2D eigenvalue weighted by Gasteiger charge is 2.15. The highest BCUT2D eigenvalue weighted by molar-refractivity contribution is 7.13. The molecule has 17 heavy (non-hydrogen) atoms. The number of aromatic nitrogens is 4. The predicted octanol–water partition coefficient (Wildman–Crippen LogP) is 2.51. The van der Waals surface area contributed by atoms with Crippen molar-refractivity contribution in [2.45, 2.75) is 0 Å². The van der Waals surface area contributed by atoms with E-state index in [4.69, 9.17) is 16.3 Å². The van der Waals surface area contributed by atoms with Crippen molar-refractivity contribution in [3.05, 3.63) is 28.7 Å². The Hall–Kier alpha value is -1.66. The summed E-state index contributed by atoms with van der Waals surface area (Å²) in [5.41, 5.74) is 0.653. The van der Waals surface area contributed by atoms with Crippen LogP contribution in [0.4, 0.5) is 0 Å². The van der Waals surface area contributed by atoms with Gasteiger partial charge in [0.2, 0.25) is 0 Å². The molecule has 3 aromatic rings. The molecule has 0 fully saturated rings. The molecule has 0 saturated heterocycles. The molecule has 86 valence electrons. The summed E-state index contributed by atoms with van der Waals surface area (Å²) in [7, 11) is 1.62. The normalized spacial score (nSPS) is 10.9. The van der Waals surface area contributed by atoms with Crippen LogP contribution in [0.2, 0.25) is 5.15 Å². The van der Waals surface area contributed by atoms with Gasteiger partial charge in [0.25, 0.3) is 0 Å². The van der Waals surface area contributed by atoms with Gasteiger partial charge in [0.1, 0.15) is 15.8 Å². The van der Waals surface area contributed by atoms with E-state index in [-0.39, 0.29) is 0 Å². The van der Waals surface area contributed by atoms with E-state index in [9.17, 15) is 0 Å². The van der Waals surface area contributed by atoms with Gasteiger partial charge in [-0.15, -0.1) is 21.5 Å². The second-order valence-electron chi connectivity index (χ2n) is 3.27. The van der Waals surface area contributed by atoms with Gasteiger partial charge >= 0.3 is 0 Å². The third-order valence-electron chi connectivity index (χ3n) is 2.28. The van der Waals surface area contributed by atoms with Crippen molar-refractivity contribution in [3.8, 4) is 16.5 Å². The molecule has 0 radical (unpaired) electrons. The minimum Gasteiger partial charge on any atom is -0.495 e. The van der Waals surface area contributed by atoms with Gasteiger partial charge in [-0.25, -0.2) is 0 Å². The Bertz CT molecular complexity index is 678. The maximum absolute atomic E-state index is 5.87. The Morgan fingerprint density at radius 3 is 3.00 bits per heavy atom. The van der Waals surface area contributed by atoms with Crippen molar-refractivity contribution in [1.29, 1.82) is 0 Å². The minimum atomic E-state index is 0.397. The van der Waals surface area contributed by atoms with Gasteiger partial charge in [-0.05, 0) is 23.6 Å². The van der Waals surface area contributed by atoms with Crippen molar-refractivity contribution in [1.82, 2.24) is 19.8 Å². The fraction of sp³-hybridized carbons (Fsp3) is 0.100. The maximum atomic E-state index is 5.87. The summed E-state index contributed by atoms with van der Waals surface area (Å²) in [4.78, 5) is 0.884. The lowest BCUT2D eigenvalue weighted by Gasteiger charge is -2.00. The van der Waals surface area contributed by atoms with Crippen LogP contribution in [0.5, 0.6) is 5.75 Å². The molecule has 0 aliphatic rings. The molecule has 0 unspecified atom stereocenters. The topological polar surface area (TPSA) is 52.3 Å². The first kappa shape index (κ1) is 10.5. The van der Waals surface area contributed by atoms with E-state index < -0.39 is 0 Å². The van der Waals surface area contributed by atoms with E-state index >= 15 is 0 Å². The molecular formula is C10H7ClN4OS. The highest BCUT2D eigenvalue weighted by Crippen LogP contribution is 2.33. The van der Waals surface area contributed by atoms with Gasteiger partial charge in [0.05, 0.1) is 7.11 Å². The quantitative estimate of drug-likeness (QED) is 0.715. The van der Waals surface area contributed by atoms with Gasteiger partial charge < -0.3 is 4.74 Å². The molecule has 0 saturated carbocycles. The number of nitrogens with zero attached hydrogens (tertiary/aromatic N) is 4. The average Bonchev–Trinajstić information content (AvgIpc) is 2.93. The molecule has 7 heteroatoms. The van der Waals surface area contributed by atoms with Crippen LogP contribution in [0.1, 0.15) is 0 Å². The van der Waals surface area contributed by atoms with Gasteiger partial charge in [-0.3, -0.25) is 0 Å². The smallest absolute Gasteiger partial charge is 0.199 e. The third-order valence-corrected chi connectivity index (χ3v) is 3.38. The Morgan fingerprint density at radius 2 is 2.18 bits per heavy atom. The number of hydrogen-bond acceptors (Lipinski definition) is 5. The molecule has 3 rings (SSSR count). The SMILES string of the molecule is COc1ccsc1-c1nnc2ccc(Cl)nn12. The Balaban J connectivity index is 2.27. The van der Waals surface area contributed by atoms with E-state index in [1.54, 1.807) is 23.8 Å². The summed E-state index contributed by atoms with van der Waals surface area (Å²) in [5.74, 6) is 1.39. The number of methoxy groups -OCH3 is 1. The second kappa shape index (κ2) is 3.97. The van der Waals surface area contributed by atoms with Crippen molar-refractivity contribution >= 4 is 28.6 Å². The van der Waals surface area contributed by atoms with Crippen molar-refractivity contribution in [2.24, 2.45) is 0 Å². The van der Waals surface area contributed by atoms with Crippen molar-refractivity contribution < 1.29 is 4.74 Å². The fourth-order valence-corrected chi connectivity index (χ4v) is 2.50. The van der Waals surface area contributed by atoms with Gasteiger partial charge in [-0.2, -0.15) is 9.61 Å². The number of hydrogen-bond donors (Lipinski definition) is 0. The van der Waals surface area contributed by atoms with Crippen molar-refractivity contribution in [3.63, 3.8) is 0 Å². The third kappa shape index (κ3) is 1.65. The van der Waals surface area contributed by atoms with Crippen LogP contribution in [0.15, 0.2) is 23.6 Å². The van der Waals surface area contributed by atoms with Crippen LogP contribution in [0.25, 0.3) is 16.3 Å². The Labute approximate surface area is 106 Å². The first-order valence-electron chi connectivity index (χ1n) is 4.79. The molecule has 3 aromatic heterocycles. The molecule has 0 amide bonds. The molecule has 0 aromatic carbocycles. The zero-order valence-electron chi connectivity index (χ0n) is 8.79. The first-order valence-corrected chi connectivity index (χ1v) is 6.05. The highest BCUT2D eigenvalue weighted by atomic mass is 35.5. The van der Waals surface area contributed by atoms with E-state index in [0.717, 1.165) is 10.6 Å². The van der Waals surface area contributed by atoms with Crippen LogP contribution in [-0.4, -0.2) is 26.9 Å². The number of rotatable bonds is 2. The van der Waals surface area contributed by atoms with Gasteiger partial charge in [-0.1, -0.05) is 11.6 Å². The summed E-state index contributed by atoms with van der Waals surface area (Å²) in [6.45, 7) is 0. The zero-order valence-corrected chi connectivity index (χ0v) is 10.4. The largest absolute Gasteiger partial charge is 0.495 e. The number of halogens is 1. The molecular weight excluding hydrogens is 260 g/mol. The lowest BCUT2D eigenvalue weighted by Crippen LogP contribution is -1.94. The van der Waals surface area contributed by atoms with Crippen LogP contribution in [0.3, 0.4) is 0 Å². The van der Waals surface area contributed by atoms with E-state index in [2.05, 4.69) is 15.3 Å². The van der Waals surface area contributed by atoms with E-state index in [0.29, 0.717) is 16.6 Å². The molecule has 3 heterocycles. The van der Waals surface area contributed by atoms with Crippen LogP contribution in [-0.2, 0) is 0 Å². The summed E-state index contributed by atoms with van der Waals surface area (Å²) in [5, 5.41) is 14.6. The zero-order chi connectivity index (χ0) is 11.8. The molecule has 0 spiro atoms. The molecule has 0 N–H and O–H groups in total. The summed E-state index contributed by atoms with van der Waals surface area (Å²) in [6.07, 6.45) is 0. The molecule has 5 nitrogen and oxygen atoms in total. The summed E-state index contributed by atoms with van der Waals surface area (Å²) in [6, 6.07) is 5.33. The van der Waals surface area contributed by atoms with Crippen LogP contribution in [0, 0.1) is 0 Å². The number of thiophene rings is 1. The lowest BCUT2D eigenvalue weighted by atomic mass is 10.4. The molecule has 0 atom stereocenters. The standard InChI is InChI=1S/C10H7ClN4OS/c1-16-6-4-5-17-9(6)10-13-12-8-3-2-7(11)14-15(8)10/h2-5H,1H3. The Morgan fingerprint density at radius 1 is 1.29 bits per heavy atom. The Kier molecular flexibility index (Phi) is 2.45. The van der Waals surface area contributed by atoms with E-state index in [1.807, 2.05) is 11.4 Å². The molecule has 0 aliphatic heterocycles. The maximum Gasteiger partial charge on any atom is 0.199 e. The summed E-state index contributed by atoms with van der Waals surface area (Å²) < 4.78 is 6.86. The summed E-state index contributed by atoms with van der Waals surface area (Å²) >= 11 is 7.39. The van der Waals surface area contributed by atoms with Crippen LogP contribution < -0.4 is 4.74 Å². The van der Waals surface area contributed by atoms with E-state index in [1.165, 1.54) is 11.3 Å². The van der Waals surface area contributed by atoms with Gasteiger partial charge in [0, 0.05) is 0 Å². The predicted molar refractivity (Wildman–Crippen MR) is 65.7 cm³/mol. The lowest BCUT2D eigenvalue weighted by molar-refractivity contribution is 0.418. The minimum absolute atomic E-state index is 0.397. The number of ether oxygens (including phenoxy) is 1. The first-order chi connectivity index (χ1) is 8.29. The van der Waals surface area contributed by atoms with Crippen LogP contribution >= 0.6 is 22.9 Å². The monoisotopic (exact) mass is 266 g/mol. The fourth-order valence-electron chi connectivity index (χ4n) is 1.53. The van der Waals surface area contributed by atoms with Crippen molar-refractivity contribution in [2.75, 3.05) is 7.11 Å². The average molecular weight is 267 g/mol. The second-order valence-corrected chi connectivity index (χ2v) is 4.57. The number of fused-ring (bicyclic) bond motifs is 1. The molecule has 0 bridgehead atoms.